The number of nitrogens with one attached hydrogen (secondary N) is 1. The number of fused-ring (bicyclic) bond motifs is 1. The van der Waals surface area contributed by atoms with Crippen molar-refractivity contribution in [2.75, 3.05) is 44.8 Å². The molecule has 0 radical (unpaired) electrons. The normalized spacial score (nSPS) is 14.0. The second-order valence-electron chi connectivity index (χ2n) is 10.8. The predicted molar refractivity (Wildman–Crippen MR) is 169 cm³/mol. The van der Waals surface area contributed by atoms with E-state index in [9.17, 15) is 27.2 Å². The number of nitrogens with zero attached hydrogens (tertiary/aromatic N) is 6. The van der Waals surface area contributed by atoms with Crippen molar-refractivity contribution in [3.63, 3.8) is 0 Å². The maximum atomic E-state index is 13.7. The van der Waals surface area contributed by atoms with Crippen LogP contribution in [0.25, 0.3) is 27.8 Å². The number of anilines is 2. The molecule has 48 heavy (non-hydrogen) atoms. The van der Waals surface area contributed by atoms with E-state index in [2.05, 4.69) is 25.3 Å². The van der Waals surface area contributed by atoms with Crippen molar-refractivity contribution < 1.29 is 31.8 Å². The minimum atomic E-state index is -4.72. The first-order chi connectivity index (χ1) is 23.0. The lowest BCUT2D eigenvalue weighted by Crippen LogP contribution is -2.38. The summed E-state index contributed by atoms with van der Waals surface area (Å²) in [5.41, 5.74) is -0.399. The van der Waals surface area contributed by atoms with Crippen LogP contribution in [0, 0.1) is 5.82 Å². The molecule has 1 N–H and O–H groups in total. The van der Waals surface area contributed by atoms with Gasteiger partial charge in [-0.2, -0.15) is 23.3 Å². The number of benzene rings is 2. The molecule has 5 aromatic rings. The molecule has 0 unspecified atom stereocenters. The van der Waals surface area contributed by atoms with Crippen LogP contribution in [0.5, 0.6) is 0 Å². The Morgan fingerprint density at radius 2 is 1.90 bits per heavy atom. The van der Waals surface area contributed by atoms with Gasteiger partial charge in [-0.05, 0) is 48.9 Å². The number of morpholine rings is 1. The number of halogens is 5. The Hall–Kier alpha value is -4.86. The van der Waals surface area contributed by atoms with Crippen LogP contribution in [0.15, 0.2) is 65.8 Å². The van der Waals surface area contributed by atoms with Crippen molar-refractivity contribution in [3.8, 4) is 16.9 Å². The molecular weight excluding hydrogens is 658 g/mol. The number of carbonyl (C=O) groups is 1. The second-order valence-corrected chi connectivity index (χ2v) is 11.2. The van der Waals surface area contributed by atoms with Gasteiger partial charge in [-0.25, -0.2) is 18.9 Å². The van der Waals surface area contributed by atoms with Gasteiger partial charge in [0.1, 0.15) is 11.4 Å². The van der Waals surface area contributed by atoms with Gasteiger partial charge in [0, 0.05) is 61.4 Å². The lowest BCUT2D eigenvalue weighted by atomic mass is 10.0. The standard InChI is InChI=1S/C32H28ClF4N7O4/c1-2-48-30(46)23-18-43(10-9-42-11-13-47-14-12-42)26-6-3-19(15-21(26)28(23)45)22-17-38-31(39-20-4-5-25(34)24(33)16-20)40-29(22)44-8-7-27(41-44)32(35,36)37/h3-8,15-18H,2,9-14H2,1H3,(H,38,39,40). The Morgan fingerprint density at radius 1 is 1.10 bits per heavy atom. The first-order valence-electron chi connectivity index (χ1n) is 14.9. The van der Waals surface area contributed by atoms with Crippen molar-refractivity contribution >= 4 is 40.1 Å². The molecule has 2 aromatic carbocycles. The van der Waals surface area contributed by atoms with Gasteiger partial charge in [-0.3, -0.25) is 9.69 Å². The lowest BCUT2D eigenvalue weighted by Gasteiger charge is -2.27. The van der Waals surface area contributed by atoms with E-state index >= 15 is 0 Å². The Morgan fingerprint density at radius 3 is 2.60 bits per heavy atom. The number of hydrogen-bond donors (Lipinski definition) is 1. The minimum Gasteiger partial charge on any atom is -0.462 e. The topological polar surface area (TPSA) is 116 Å². The Balaban J connectivity index is 1.46. The van der Waals surface area contributed by atoms with Crippen molar-refractivity contribution in [1.82, 2.24) is 29.2 Å². The number of alkyl halides is 3. The Kier molecular flexibility index (Phi) is 9.44. The number of aromatic nitrogens is 5. The van der Waals surface area contributed by atoms with Crippen LogP contribution in [0.4, 0.5) is 29.2 Å². The number of pyridine rings is 1. The highest BCUT2D eigenvalue weighted by molar-refractivity contribution is 6.31. The molecule has 0 saturated carbocycles. The average Bonchev–Trinajstić information content (AvgIpc) is 3.58. The number of hydrogen-bond acceptors (Lipinski definition) is 9. The summed E-state index contributed by atoms with van der Waals surface area (Å²) >= 11 is 5.90. The van der Waals surface area contributed by atoms with E-state index < -0.39 is 29.1 Å². The van der Waals surface area contributed by atoms with Gasteiger partial charge in [0.05, 0.1) is 30.4 Å². The zero-order valence-electron chi connectivity index (χ0n) is 25.4. The molecular formula is C32H28ClF4N7O4. The molecule has 0 atom stereocenters. The summed E-state index contributed by atoms with van der Waals surface area (Å²) in [4.78, 5) is 37.5. The largest absolute Gasteiger partial charge is 0.462 e. The average molecular weight is 686 g/mol. The van der Waals surface area contributed by atoms with Crippen LogP contribution in [0.2, 0.25) is 5.02 Å². The van der Waals surface area contributed by atoms with Crippen LogP contribution in [0.1, 0.15) is 23.0 Å². The fraction of sp³-hybridized carbons (Fsp3) is 0.281. The molecule has 1 saturated heterocycles. The second kappa shape index (κ2) is 13.7. The molecule has 6 rings (SSSR count). The van der Waals surface area contributed by atoms with Crippen molar-refractivity contribution in [3.05, 3.63) is 93.4 Å². The zero-order chi connectivity index (χ0) is 34.0. The maximum absolute atomic E-state index is 13.7. The van der Waals surface area contributed by atoms with Gasteiger partial charge < -0.3 is 19.4 Å². The van der Waals surface area contributed by atoms with E-state index in [-0.39, 0.29) is 39.9 Å². The summed E-state index contributed by atoms with van der Waals surface area (Å²) in [6.07, 6.45) is -0.769. The van der Waals surface area contributed by atoms with Crippen molar-refractivity contribution in [1.29, 1.82) is 0 Å². The molecule has 11 nitrogen and oxygen atoms in total. The molecule has 0 spiro atoms. The van der Waals surface area contributed by atoms with E-state index in [0.29, 0.717) is 43.1 Å². The van der Waals surface area contributed by atoms with Gasteiger partial charge in [0.15, 0.2) is 11.5 Å². The van der Waals surface area contributed by atoms with Gasteiger partial charge in [-0.15, -0.1) is 0 Å². The Bertz CT molecular complexity index is 2040. The van der Waals surface area contributed by atoms with Crippen LogP contribution < -0.4 is 10.7 Å². The van der Waals surface area contributed by atoms with E-state index in [1.54, 1.807) is 19.1 Å². The van der Waals surface area contributed by atoms with Crippen molar-refractivity contribution in [2.45, 2.75) is 19.6 Å². The van der Waals surface area contributed by atoms with E-state index in [1.807, 2.05) is 4.57 Å². The molecule has 1 aliphatic heterocycles. The van der Waals surface area contributed by atoms with Crippen molar-refractivity contribution in [2.24, 2.45) is 0 Å². The summed E-state index contributed by atoms with van der Waals surface area (Å²) in [7, 11) is 0. The lowest BCUT2D eigenvalue weighted by molar-refractivity contribution is -0.141. The van der Waals surface area contributed by atoms with E-state index in [0.717, 1.165) is 36.1 Å². The first-order valence-corrected chi connectivity index (χ1v) is 15.3. The van der Waals surface area contributed by atoms with E-state index in [1.165, 1.54) is 30.6 Å². The summed E-state index contributed by atoms with van der Waals surface area (Å²) in [6.45, 7) is 5.52. The summed E-state index contributed by atoms with van der Waals surface area (Å²) in [5.74, 6) is -1.51. The highest BCUT2D eigenvalue weighted by Crippen LogP contribution is 2.32. The molecule has 250 valence electrons. The number of ether oxygens (including phenoxy) is 2. The third kappa shape index (κ3) is 7.02. The van der Waals surface area contributed by atoms with Crippen LogP contribution in [-0.4, -0.2) is 74.6 Å². The highest BCUT2D eigenvalue weighted by atomic mass is 35.5. The monoisotopic (exact) mass is 685 g/mol. The molecule has 4 heterocycles. The molecule has 16 heteroatoms. The summed E-state index contributed by atoms with van der Waals surface area (Å²) in [5, 5.41) is 6.58. The van der Waals surface area contributed by atoms with Crippen LogP contribution in [0.3, 0.4) is 0 Å². The summed E-state index contributed by atoms with van der Waals surface area (Å²) < 4.78 is 67.6. The maximum Gasteiger partial charge on any atom is 0.435 e. The number of rotatable bonds is 9. The van der Waals surface area contributed by atoms with Gasteiger partial charge >= 0.3 is 12.1 Å². The SMILES string of the molecule is CCOC(=O)c1cn(CCN2CCOCC2)c2ccc(-c3cnc(Nc4ccc(F)c(Cl)c4)nc3-n3ccc(C(F)(F)F)n3)cc2c1=O. The fourth-order valence-corrected chi connectivity index (χ4v) is 5.47. The van der Waals surface area contributed by atoms with Gasteiger partial charge in [-0.1, -0.05) is 17.7 Å². The Labute approximate surface area is 275 Å². The van der Waals surface area contributed by atoms with Crippen LogP contribution in [-0.2, 0) is 22.2 Å². The quantitative estimate of drug-likeness (QED) is 0.154. The molecule has 3 aromatic heterocycles. The predicted octanol–water partition coefficient (Wildman–Crippen LogP) is 5.71. The minimum absolute atomic E-state index is 0.0451. The third-order valence-electron chi connectivity index (χ3n) is 7.69. The zero-order valence-corrected chi connectivity index (χ0v) is 26.2. The van der Waals surface area contributed by atoms with Crippen LogP contribution >= 0.6 is 11.6 Å². The number of carbonyl (C=O) groups excluding carboxylic acids is 1. The molecule has 1 fully saturated rings. The molecule has 0 aliphatic carbocycles. The summed E-state index contributed by atoms with van der Waals surface area (Å²) in [6, 6.07) is 9.55. The van der Waals surface area contributed by atoms with E-state index in [4.69, 9.17) is 21.1 Å². The first kappa shape index (κ1) is 33.1. The molecule has 0 amide bonds. The van der Waals surface area contributed by atoms with Gasteiger partial charge in [0.25, 0.3) is 0 Å². The van der Waals surface area contributed by atoms with Gasteiger partial charge in [0.2, 0.25) is 11.4 Å². The fourth-order valence-electron chi connectivity index (χ4n) is 5.29. The highest BCUT2D eigenvalue weighted by Gasteiger charge is 2.34. The molecule has 1 aliphatic rings. The smallest absolute Gasteiger partial charge is 0.435 e. The molecule has 0 bridgehead atoms. The number of esters is 1. The third-order valence-corrected chi connectivity index (χ3v) is 7.98.